The zero-order valence-electron chi connectivity index (χ0n) is 13.7. The third-order valence-electron chi connectivity index (χ3n) is 4.31. The average Bonchev–Trinajstić information content (AvgIpc) is 2.92. The highest BCUT2D eigenvalue weighted by molar-refractivity contribution is 7.87. The topological polar surface area (TPSA) is 69.7 Å². The van der Waals surface area contributed by atoms with Crippen LogP contribution in [0.2, 0.25) is 25.7 Å². The lowest BCUT2D eigenvalue weighted by atomic mass is 9.96. The van der Waals surface area contributed by atoms with Crippen molar-refractivity contribution in [2.75, 3.05) is 6.61 Å². The molecule has 3 atom stereocenters. The summed E-state index contributed by atoms with van der Waals surface area (Å²) in [5.74, 6) is -2.40. The molecule has 2 bridgehead atoms. The minimum Gasteiger partial charge on any atom is -0.466 e. The monoisotopic (exact) mass is 386 g/mol. The maximum atomic E-state index is 12.4. The molecule has 0 aromatic carbocycles. The number of halogens is 3. The second kappa shape index (κ2) is 6.36. The number of alkyl halides is 3. The van der Waals surface area contributed by atoms with Crippen LogP contribution in [-0.4, -0.2) is 34.6 Å². The Labute approximate surface area is 140 Å². The Balaban J connectivity index is 2.00. The van der Waals surface area contributed by atoms with Crippen LogP contribution in [-0.2, 0) is 23.8 Å². The number of ether oxygens (including phenoxy) is 1. The van der Waals surface area contributed by atoms with E-state index in [4.69, 9.17) is 4.74 Å². The molecule has 5 nitrogen and oxygen atoms in total. The maximum absolute atomic E-state index is 12.4. The van der Waals surface area contributed by atoms with Gasteiger partial charge in [0.25, 0.3) is 0 Å². The summed E-state index contributed by atoms with van der Waals surface area (Å²) in [6.07, 6.45) is 2.34. The van der Waals surface area contributed by atoms with E-state index in [2.05, 4.69) is 23.8 Å². The van der Waals surface area contributed by atoms with Crippen LogP contribution in [0.3, 0.4) is 0 Å². The molecule has 2 aliphatic carbocycles. The van der Waals surface area contributed by atoms with E-state index in [-0.39, 0.29) is 18.3 Å². The van der Waals surface area contributed by atoms with Crippen molar-refractivity contribution in [3.8, 4) is 0 Å². The molecular weight excluding hydrogens is 365 g/mol. The minimum absolute atomic E-state index is 0.279. The fourth-order valence-electron chi connectivity index (χ4n) is 3.03. The van der Waals surface area contributed by atoms with Crippen molar-refractivity contribution in [1.29, 1.82) is 0 Å². The molecule has 0 aromatic heterocycles. The number of fused-ring (bicyclic) bond motifs is 2. The van der Waals surface area contributed by atoms with Gasteiger partial charge in [-0.2, -0.15) is 21.6 Å². The van der Waals surface area contributed by atoms with Gasteiger partial charge in [0.05, 0.1) is 12.5 Å². The zero-order chi connectivity index (χ0) is 18.3. The Morgan fingerprint density at radius 1 is 1.29 bits per heavy atom. The summed E-state index contributed by atoms with van der Waals surface area (Å²) in [6.45, 7) is 6.68. The molecule has 0 saturated heterocycles. The van der Waals surface area contributed by atoms with Crippen LogP contribution >= 0.6 is 0 Å². The first-order chi connectivity index (χ1) is 10.8. The predicted octanol–water partition coefficient (Wildman–Crippen LogP) is 3.27. The van der Waals surface area contributed by atoms with Crippen molar-refractivity contribution in [3.63, 3.8) is 0 Å². The number of hydrogen-bond donors (Lipinski definition) is 0. The van der Waals surface area contributed by atoms with E-state index >= 15 is 0 Å². The van der Waals surface area contributed by atoms with E-state index in [1.54, 1.807) is 0 Å². The fraction of sp³-hybridized carbons (Fsp3) is 0.786. The van der Waals surface area contributed by atoms with Crippen molar-refractivity contribution in [2.45, 2.75) is 44.0 Å². The van der Waals surface area contributed by atoms with Gasteiger partial charge in [0.2, 0.25) is 0 Å². The van der Waals surface area contributed by atoms with Crippen LogP contribution < -0.4 is 0 Å². The lowest BCUT2D eigenvalue weighted by molar-refractivity contribution is -0.149. The minimum atomic E-state index is -5.70. The van der Waals surface area contributed by atoms with Gasteiger partial charge in [0.1, 0.15) is 5.76 Å². The molecule has 0 aromatic rings. The van der Waals surface area contributed by atoms with Gasteiger partial charge in [-0.05, 0) is 30.9 Å². The molecule has 0 radical (unpaired) electrons. The molecule has 0 N–H and O–H groups in total. The van der Waals surface area contributed by atoms with Crippen molar-refractivity contribution >= 4 is 24.2 Å². The molecule has 1 saturated carbocycles. The molecule has 3 unspecified atom stereocenters. The molecule has 0 heterocycles. The summed E-state index contributed by atoms with van der Waals surface area (Å²) in [5, 5.41) is 0. The molecule has 2 aliphatic rings. The van der Waals surface area contributed by atoms with Gasteiger partial charge in [-0.25, -0.2) is 0 Å². The number of carbonyl (C=O) groups excluding carboxylic acids is 1. The molecule has 24 heavy (non-hydrogen) atoms. The molecule has 0 aliphatic heterocycles. The summed E-state index contributed by atoms with van der Waals surface area (Å²) in [4.78, 5) is 12.2. The normalized spacial score (nSPS) is 27.1. The third kappa shape index (κ3) is 4.13. The zero-order valence-corrected chi connectivity index (χ0v) is 15.5. The maximum Gasteiger partial charge on any atom is 0.534 e. The third-order valence-corrected chi connectivity index (χ3v) is 6.99. The Bertz CT molecular complexity index is 636. The van der Waals surface area contributed by atoms with E-state index in [0.29, 0.717) is 12.8 Å². The first kappa shape index (κ1) is 19.3. The van der Waals surface area contributed by atoms with E-state index in [1.807, 2.05) is 0 Å². The summed E-state index contributed by atoms with van der Waals surface area (Å²) >= 11 is 0. The number of rotatable bonds is 6. The standard InChI is InChI=1S/C14H21F3O5SSi/c1-24(2,3)7-6-21-13(18)12-9-4-5-10(12)11(8-9)22-23(19,20)14(15,16)17/h8-10,12H,4-7H2,1-3H3. The van der Waals surface area contributed by atoms with Crippen LogP contribution in [0.1, 0.15) is 12.8 Å². The molecule has 10 heteroatoms. The lowest BCUT2D eigenvalue weighted by Crippen LogP contribution is -2.29. The van der Waals surface area contributed by atoms with Crippen molar-refractivity contribution in [3.05, 3.63) is 11.8 Å². The molecule has 2 rings (SSSR count). The van der Waals surface area contributed by atoms with Gasteiger partial charge in [-0.3, -0.25) is 4.79 Å². The van der Waals surface area contributed by atoms with Gasteiger partial charge in [-0.15, -0.1) is 0 Å². The van der Waals surface area contributed by atoms with Crippen LogP contribution in [0.15, 0.2) is 11.8 Å². The summed E-state index contributed by atoms with van der Waals surface area (Å²) in [5.41, 5.74) is -5.48. The highest BCUT2D eigenvalue weighted by atomic mass is 32.2. The summed E-state index contributed by atoms with van der Waals surface area (Å²) in [7, 11) is -7.07. The lowest BCUT2D eigenvalue weighted by Gasteiger charge is -2.20. The van der Waals surface area contributed by atoms with E-state index in [1.165, 1.54) is 6.08 Å². The van der Waals surface area contributed by atoms with Crippen LogP contribution in [0, 0.1) is 17.8 Å². The Morgan fingerprint density at radius 2 is 1.92 bits per heavy atom. The van der Waals surface area contributed by atoms with Gasteiger partial charge >= 0.3 is 21.6 Å². The molecule has 138 valence electrons. The number of allylic oxidation sites excluding steroid dienone is 2. The van der Waals surface area contributed by atoms with Crippen LogP contribution in [0.25, 0.3) is 0 Å². The SMILES string of the molecule is C[Si](C)(C)CCOC(=O)C1C2C=C(OS(=O)(=O)C(F)(F)F)C1CC2. The first-order valence-corrected chi connectivity index (χ1v) is 12.8. The van der Waals surface area contributed by atoms with E-state index < -0.39 is 41.5 Å². The van der Waals surface area contributed by atoms with E-state index in [0.717, 1.165) is 6.04 Å². The largest absolute Gasteiger partial charge is 0.534 e. The second-order valence-electron chi connectivity index (χ2n) is 7.40. The number of carbonyl (C=O) groups is 1. The van der Waals surface area contributed by atoms with Gasteiger partial charge in [0, 0.05) is 14.0 Å². The number of esters is 1. The predicted molar refractivity (Wildman–Crippen MR) is 83.0 cm³/mol. The highest BCUT2D eigenvalue weighted by Crippen LogP contribution is 2.50. The van der Waals surface area contributed by atoms with Gasteiger partial charge < -0.3 is 8.92 Å². The highest BCUT2D eigenvalue weighted by Gasteiger charge is 2.54. The smallest absolute Gasteiger partial charge is 0.466 e. The van der Waals surface area contributed by atoms with Crippen LogP contribution in [0.5, 0.6) is 0 Å². The Morgan fingerprint density at radius 3 is 2.46 bits per heavy atom. The second-order valence-corrected chi connectivity index (χ2v) is 14.6. The molecular formula is C14H21F3O5SSi. The van der Waals surface area contributed by atoms with Gasteiger partial charge in [-0.1, -0.05) is 19.6 Å². The summed E-state index contributed by atoms with van der Waals surface area (Å²) in [6, 6.07) is 0.792. The van der Waals surface area contributed by atoms with Crippen molar-refractivity contribution in [1.82, 2.24) is 0 Å². The quantitative estimate of drug-likeness (QED) is 0.303. The first-order valence-electron chi connectivity index (χ1n) is 7.71. The molecule has 0 amide bonds. The fourth-order valence-corrected chi connectivity index (χ4v) is 4.27. The van der Waals surface area contributed by atoms with Crippen LogP contribution in [0.4, 0.5) is 13.2 Å². The van der Waals surface area contributed by atoms with Gasteiger partial charge in [0.15, 0.2) is 0 Å². The van der Waals surface area contributed by atoms with E-state index in [9.17, 15) is 26.4 Å². The Hall–Kier alpha value is -1.03. The van der Waals surface area contributed by atoms with Crippen molar-refractivity contribution in [2.24, 2.45) is 17.8 Å². The number of hydrogen-bond acceptors (Lipinski definition) is 5. The Kier molecular flexibility index (Phi) is 5.11. The summed E-state index contributed by atoms with van der Waals surface area (Å²) < 4.78 is 69.1. The average molecular weight is 386 g/mol. The molecule has 0 spiro atoms. The van der Waals surface area contributed by atoms with Crippen molar-refractivity contribution < 1.29 is 35.3 Å². The molecule has 1 fully saturated rings.